The van der Waals surface area contributed by atoms with Gasteiger partial charge in [-0.25, -0.2) is 4.79 Å². The van der Waals surface area contributed by atoms with E-state index in [1.807, 2.05) is 0 Å². The van der Waals surface area contributed by atoms with E-state index in [1.165, 1.54) is 6.92 Å². The molecule has 0 aromatic carbocycles. The molecule has 0 aliphatic heterocycles. The number of carbonyl (C=O) groups excluding carboxylic acids is 2. The third-order valence-electron chi connectivity index (χ3n) is 2.89. The summed E-state index contributed by atoms with van der Waals surface area (Å²) < 4.78 is 10.2. The van der Waals surface area contributed by atoms with Crippen molar-refractivity contribution in [2.24, 2.45) is 0 Å². The van der Waals surface area contributed by atoms with Gasteiger partial charge in [0.2, 0.25) is 5.89 Å². The van der Waals surface area contributed by atoms with Crippen LogP contribution in [0, 0.1) is 20.8 Å². The summed E-state index contributed by atoms with van der Waals surface area (Å²) >= 11 is 0. The average molecular weight is 277 g/mol. The first-order valence-corrected chi connectivity index (χ1v) is 6.06. The molecule has 0 aliphatic carbocycles. The van der Waals surface area contributed by atoms with Crippen molar-refractivity contribution < 1.29 is 18.7 Å². The Morgan fingerprint density at radius 1 is 1.25 bits per heavy atom. The second-order valence-electron chi connectivity index (χ2n) is 4.47. The molecule has 20 heavy (non-hydrogen) atoms. The van der Waals surface area contributed by atoms with Gasteiger partial charge in [-0.1, -0.05) is 0 Å². The number of ketones is 1. The van der Waals surface area contributed by atoms with Crippen molar-refractivity contribution >= 4 is 11.8 Å². The Labute approximate surface area is 115 Å². The number of aromatic nitrogens is 3. The minimum Gasteiger partial charge on any atom is -0.451 e. The lowest BCUT2D eigenvalue weighted by atomic mass is 10.1. The summed E-state index contributed by atoms with van der Waals surface area (Å²) in [5.41, 5.74) is 2.02. The number of ether oxygens (including phenoxy) is 1. The maximum Gasteiger partial charge on any atom is 0.355 e. The predicted octanol–water partition coefficient (Wildman–Crippen LogP) is 1.88. The van der Waals surface area contributed by atoms with Crippen LogP contribution in [0.1, 0.15) is 50.8 Å². The number of H-pyrrole nitrogens is 1. The highest BCUT2D eigenvalue weighted by atomic mass is 16.5. The van der Waals surface area contributed by atoms with Crippen molar-refractivity contribution in [3.63, 3.8) is 0 Å². The topological polar surface area (TPSA) is 98.1 Å². The summed E-state index contributed by atoms with van der Waals surface area (Å²) in [5.74, 6) is -0.0258. The lowest BCUT2D eigenvalue weighted by molar-refractivity contribution is 0.0429. The molecule has 7 nitrogen and oxygen atoms in total. The maximum atomic E-state index is 12.0. The number of carbonyl (C=O) groups is 2. The molecule has 0 amide bonds. The zero-order valence-corrected chi connectivity index (χ0v) is 11.7. The molecule has 0 fully saturated rings. The monoisotopic (exact) mass is 277 g/mol. The molecule has 0 unspecified atom stereocenters. The summed E-state index contributed by atoms with van der Waals surface area (Å²) in [5, 5.41) is 7.36. The van der Waals surface area contributed by atoms with Gasteiger partial charge in [-0.15, -0.1) is 10.2 Å². The van der Waals surface area contributed by atoms with E-state index >= 15 is 0 Å². The number of aryl methyl sites for hydroxylation is 2. The summed E-state index contributed by atoms with van der Waals surface area (Å²) in [6, 6.07) is 0. The van der Waals surface area contributed by atoms with Gasteiger partial charge in [0.15, 0.2) is 12.4 Å². The number of rotatable bonds is 4. The fourth-order valence-corrected chi connectivity index (χ4v) is 2.08. The van der Waals surface area contributed by atoms with Crippen molar-refractivity contribution in [2.45, 2.75) is 34.3 Å². The van der Waals surface area contributed by atoms with Crippen molar-refractivity contribution in [1.82, 2.24) is 15.2 Å². The summed E-state index contributed by atoms with van der Waals surface area (Å²) in [7, 11) is 0. The minimum absolute atomic E-state index is 0.0946. The Morgan fingerprint density at radius 2 is 1.95 bits per heavy atom. The highest BCUT2D eigenvalue weighted by Gasteiger charge is 2.21. The maximum absolute atomic E-state index is 12.0. The van der Waals surface area contributed by atoms with Gasteiger partial charge in [0.05, 0.1) is 0 Å². The van der Waals surface area contributed by atoms with Crippen LogP contribution in [0.2, 0.25) is 0 Å². The third kappa shape index (κ3) is 2.61. The second-order valence-corrected chi connectivity index (χ2v) is 4.47. The first-order chi connectivity index (χ1) is 9.40. The van der Waals surface area contributed by atoms with Gasteiger partial charge in [0, 0.05) is 18.2 Å². The molecule has 0 spiro atoms. The van der Waals surface area contributed by atoms with Crippen LogP contribution in [0.4, 0.5) is 0 Å². The summed E-state index contributed by atoms with van der Waals surface area (Å²) in [6.07, 6.45) is 0. The van der Waals surface area contributed by atoms with Crippen LogP contribution in [0.25, 0.3) is 0 Å². The Balaban J connectivity index is 2.14. The van der Waals surface area contributed by atoms with Crippen molar-refractivity contribution in [3.05, 3.63) is 34.3 Å². The zero-order chi connectivity index (χ0) is 14.9. The van der Waals surface area contributed by atoms with E-state index in [9.17, 15) is 9.59 Å². The fourth-order valence-electron chi connectivity index (χ4n) is 2.08. The molecular formula is C13H15N3O4. The molecule has 0 saturated carbocycles. The highest BCUT2D eigenvalue weighted by Crippen LogP contribution is 2.19. The molecule has 2 heterocycles. The van der Waals surface area contributed by atoms with Gasteiger partial charge >= 0.3 is 5.97 Å². The predicted molar refractivity (Wildman–Crippen MR) is 68.4 cm³/mol. The second kappa shape index (κ2) is 5.28. The first-order valence-electron chi connectivity index (χ1n) is 6.06. The van der Waals surface area contributed by atoms with Gasteiger partial charge in [-0.2, -0.15) is 0 Å². The molecule has 0 saturated heterocycles. The molecule has 0 radical (unpaired) electrons. The van der Waals surface area contributed by atoms with E-state index in [-0.39, 0.29) is 24.0 Å². The Bertz CT molecular complexity index is 669. The molecule has 1 N–H and O–H groups in total. The van der Waals surface area contributed by atoms with E-state index in [0.29, 0.717) is 22.7 Å². The molecule has 0 bridgehead atoms. The van der Waals surface area contributed by atoms with Crippen LogP contribution in [-0.2, 0) is 11.3 Å². The van der Waals surface area contributed by atoms with Gasteiger partial charge in [0.25, 0.3) is 5.89 Å². The first kappa shape index (κ1) is 14.0. The summed E-state index contributed by atoms with van der Waals surface area (Å²) in [6.45, 7) is 6.44. The van der Waals surface area contributed by atoms with Crippen molar-refractivity contribution in [3.8, 4) is 0 Å². The number of esters is 1. The van der Waals surface area contributed by atoms with Gasteiger partial charge < -0.3 is 14.1 Å². The van der Waals surface area contributed by atoms with E-state index < -0.39 is 5.97 Å². The van der Waals surface area contributed by atoms with E-state index in [0.717, 1.165) is 0 Å². The van der Waals surface area contributed by atoms with Crippen LogP contribution in [0.15, 0.2) is 4.42 Å². The van der Waals surface area contributed by atoms with Crippen molar-refractivity contribution in [2.75, 3.05) is 0 Å². The highest BCUT2D eigenvalue weighted by molar-refractivity contribution is 6.01. The lowest BCUT2D eigenvalue weighted by Gasteiger charge is -2.01. The zero-order valence-electron chi connectivity index (χ0n) is 11.7. The average Bonchev–Trinajstić information content (AvgIpc) is 2.90. The fraction of sp³-hybridized carbons (Fsp3) is 0.385. The Kier molecular flexibility index (Phi) is 3.69. The molecular weight excluding hydrogens is 262 g/mol. The third-order valence-corrected chi connectivity index (χ3v) is 2.89. The van der Waals surface area contributed by atoms with Crippen LogP contribution in [0.3, 0.4) is 0 Å². The van der Waals surface area contributed by atoms with Gasteiger partial charge in [0.1, 0.15) is 5.69 Å². The van der Waals surface area contributed by atoms with E-state index in [2.05, 4.69) is 15.2 Å². The Hall–Kier alpha value is -2.44. The van der Waals surface area contributed by atoms with Crippen LogP contribution >= 0.6 is 0 Å². The molecule has 2 rings (SSSR count). The van der Waals surface area contributed by atoms with Crippen molar-refractivity contribution in [1.29, 1.82) is 0 Å². The standard InChI is InChI=1S/C13H15N3O4/c1-6-11(8(3)17)7(2)14-12(6)13(18)19-5-10-16-15-9(4)20-10/h14H,5H2,1-4H3. The molecule has 2 aromatic heterocycles. The Morgan fingerprint density at radius 3 is 2.45 bits per heavy atom. The number of hydrogen-bond donors (Lipinski definition) is 1. The largest absolute Gasteiger partial charge is 0.451 e. The van der Waals surface area contributed by atoms with Gasteiger partial charge in [-0.05, 0) is 26.3 Å². The number of nitrogens with zero attached hydrogens (tertiary/aromatic N) is 2. The molecule has 2 aromatic rings. The molecule has 0 aliphatic rings. The normalized spacial score (nSPS) is 10.6. The van der Waals surface area contributed by atoms with E-state index in [1.54, 1.807) is 20.8 Å². The number of Topliss-reactive ketones (excluding diaryl/α,β-unsaturated/α-hetero) is 1. The summed E-state index contributed by atoms with van der Waals surface area (Å²) in [4.78, 5) is 26.4. The molecule has 106 valence electrons. The van der Waals surface area contributed by atoms with Gasteiger partial charge in [-0.3, -0.25) is 4.79 Å². The van der Waals surface area contributed by atoms with Crippen LogP contribution < -0.4 is 0 Å². The molecule has 0 atom stereocenters. The van der Waals surface area contributed by atoms with Crippen LogP contribution in [-0.4, -0.2) is 26.9 Å². The SMILES string of the molecule is CC(=O)c1c(C)[nH]c(C(=O)OCc2nnc(C)o2)c1C. The number of hydrogen-bond acceptors (Lipinski definition) is 6. The number of nitrogens with one attached hydrogen (secondary N) is 1. The molecule has 7 heteroatoms. The van der Waals surface area contributed by atoms with Crippen LogP contribution in [0.5, 0.6) is 0 Å². The number of aromatic amines is 1. The smallest absolute Gasteiger partial charge is 0.355 e. The minimum atomic E-state index is -0.561. The quantitative estimate of drug-likeness (QED) is 0.676. The lowest BCUT2D eigenvalue weighted by Crippen LogP contribution is -2.08. The van der Waals surface area contributed by atoms with E-state index in [4.69, 9.17) is 9.15 Å².